The first-order chi connectivity index (χ1) is 15.8. The summed E-state index contributed by atoms with van der Waals surface area (Å²) in [5.74, 6) is 4.84. The fourth-order valence-electron chi connectivity index (χ4n) is 4.76. The van der Waals surface area contributed by atoms with E-state index in [1.165, 1.54) is 5.56 Å². The summed E-state index contributed by atoms with van der Waals surface area (Å²) in [6.45, 7) is 8.33. The highest BCUT2D eigenvalue weighted by atomic mass is 28.3. The minimum Gasteiger partial charge on any atom is -0.455 e. The van der Waals surface area contributed by atoms with Gasteiger partial charge in [-0.3, -0.25) is 4.79 Å². The van der Waals surface area contributed by atoms with Gasteiger partial charge >= 0.3 is 0 Å². The first-order valence-corrected chi connectivity index (χ1v) is 15.0. The normalized spacial score (nSPS) is 24.9. The summed E-state index contributed by atoms with van der Waals surface area (Å²) in [6, 6.07) is 14.0. The Kier molecular flexibility index (Phi) is 5.42. The number of carbonyl (C=O) groups is 1. The maximum absolute atomic E-state index is 11.9. The van der Waals surface area contributed by atoms with Crippen LogP contribution in [0.1, 0.15) is 52.6 Å². The number of ketones is 1. The molecule has 1 N–H and O–H groups in total. The van der Waals surface area contributed by atoms with Gasteiger partial charge in [0.1, 0.15) is 14.3 Å². The highest BCUT2D eigenvalue weighted by Gasteiger charge is 2.42. The number of hydrogen-bond acceptors (Lipinski definition) is 4. The molecule has 4 unspecified atom stereocenters. The first kappa shape index (κ1) is 21.6. The van der Waals surface area contributed by atoms with Crippen molar-refractivity contribution in [2.45, 2.75) is 51.2 Å². The van der Waals surface area contributed by atoms with Crippen molar-refractivity contribution < 1.29 is 14.3 Å². The Morgan fingerprint density at radius 2 is 1.94 bits per heavy atom. The third-order valence-electron chi connectivity index (χ3n) is 6.41. The van der Waals surface area contributed by atoms with Crippen molar-refractivity contribution in [1.82, 2.24) is 0 Å². The van der Waals surface area contributed by atoms with Crippen LogP contribution in [-0.4, -0.2) is 19.9 Å². The summed E-state index contributed by atoms with van der Waals surface area (Å²) in [7, 11) is -1.50. The third-order valence-corrected chi connectivity index (χ3v) is 7.29. The molecule has 0 saturated heterocycles. The zero-order chi connectivity index (χ0) is 23.2. The van der Waals surface area contributed by atoms with Crippen LogP contribution in [-0.2, 0) is 9.47 Å². The Morgan fingerprint density at radius 1 is 1.12 bits per heavy atom. The number of nitrogens with one attached hydrogen (secondary N) is 1. The fraction of sp³-hybridized carbons (Fsp3) is 0.321. The fourth-order valence-corrected chi connectivity index (χ4v) is 5.27. The zero-order valence-electron chi connectivity index (χ0n) is 19.5. The maximum Gasteiger partial charge on any atom is 0.268 e. The first-order valence-electron chi connectivity index (χ1n) is 11.5. The summed E-state index contributed by atoms with van der Waals surface area (Å²) in [5.41, 5.74) is 8.34. The highest BCUT2D eigenvalue weighted by molar-refractivity contribution is 6.83. The molecule has 3 aliphatic rings. The third kappa shape index (κ3) is 4.23. The molecule has 5 rings (SSSR count). The molecule has 0 amide bonds. The summed E-state index contributed by atoms with van der Waals surface area (Å²) in [4.78, 5) is 11.9. The predicted molar refractivity (Wildman–Crippen MR) is 134 cm³/mol. The van der Waals surface area contributed by atoms with E-state index in [2.05, 4.69) is 48.6 Å². The van der Waals surface area contributed by atoms with Crippen LogP contribution < -0.4 is 5.32 Å². The zero-order valence-corrected chi connectivity index (χ0v) is 20.5. The van der Waals surface area contributed by atoms with E-state index in [0.717, 1.165) is 34.6 Å². The van der Waals surface area contributed by atoms with Crippen molar-refractivity contribution in [3.05, 3.63) is 88.9 Å². The van der Waals surface area contributed by atoms with Gasteiger partial charge in [0, 0.05) is 34.2 Å². The van der Waals surface area contributed by atoms with Gasteiger partial charge in [-0.05, 0) is 43.2 Å². The molecule has 0 spiro atoms. The van der Waals surface area contributed by atoms with Crippen LogP contribution >= 0.6 is 0 Å². The molecular weight excluding hydrogens is 426 g/mol. The molecule has 1 aliphatic carbocycles. The lowest BCUT2D eigenvalue weighted by Crippen LogP contribution is -2.37. The smallest absolute Gasteiger partial charge is 0.268 e. The Morgan fingerprint density at radius 3 is 2.73 bits per heavy atom. The molecule has 0 aromatic heterocycles. The lowest BCUT2D eigenvalue weighted by Gasteiger charge is -2.37. The van der Waals surface area contributed by atoms with Crippen molar-refractivity contribution in [3.8, 4) is 11.5 Å². The molecule has 0 bridgehead atoms. The van der Waals surface area contributed by atoms with Crippen molar-refractivity contribution in [2.75, 3.05) is 5.32 Å². The van der Waals surface area contributed by atoms with Gasteiger partial charge in [0.05, 0.1) is 6.04 Å². The van der Waals surface area contributed by atoms with Gasteiger partial charge < -0.3 is 14.8 Å². The van der Waals surface area contributed by atoms with Crippen molar-refractivity contribution in [1.29, 1.82) is 0 Å². The lowest BCUT2D eigenvalue weighted by atomic mass is 9.78. The number of anilines is 1. The van der Waals surface area contributed by atoms with Gasteiger partial charge in [0.15, 0.2) is 11.5 Å². The van der Waals surface area contributed by atoms with E-state index in [-0.39, 0.29) is 17.7 Å². The largest absolute Gasteiger partial charge is 0.455 e. The van der Waals surface area contributed by atoms with E-state index in [0.29, 0.717) is 5.92 Å². The van der Waals surface area contributed by atoms with Crippen LogP contribution in [0.5, 0.6) is 0 Å². The average Bonchev–Trinajstić information content (AvgIpc) is 3.47. The van der Waals surface area contributed by atoms with Crippen LogP contribution in [0.2, 0.25) is 19.6 Å². The minimum atomic E-state index is -1.50. The molecule has 2 aromatic rings. The molecule has 168 valence electrons. The Bertz CT molecular complexity index is 1230. The van der Waals surface area contributed by atoms with E-state index in [1.807, 2.05) is 42.5 Å². The molecule has 0 radical (unpaired) electrons. The van der Waals surface area contributed by atoms with E-state index >= 15 is 0 Å². The highest BCUT2D eigenvalue weighted by Crippen LogP contribution is 2.48. The maximum atomic E-state index is 11.9. The SMILES string of the molecule is CC(=O)c1ccc2c(c1)C1C=CCC1C(C1=COC(c3ccccc3C#C[Si](C)(C)C)O1)N2. The van der Waals surface area contributed by atoms with Crippen LogP contribution in [0.4, 0.5) is 5.69 Å². The number of allylic oxidation sites excluding steroid dienone is 2. The topological polar surface area (TPSA) is 47.6 Å². The number of carbonyl (C=O) groups excluding carboxylic acids is 1. The van der Waals surface area contributed by atoms with E-state index in [9.17, 15) is 4.79 Å². The summed E-state index contributed by atoms with van der Waals surface area (Å²) in [5, 5.41) is 3.66. The monoisotopic (exact) mass is 455 g/mol. The molecule has 2 heterocycles. The summed E-state index contributed by atoms with van der Waals surface area (Å²) < 4.78 is 12.4. The molecule has 5 heteroatoms. The van der Waals surface area contributed by atoms with Crippen molar-refractivity contribution in [3.63, 3.8) is 0 Å². The van der Waals surface area contributed by atoms with Crippen molar-refractivity contribution >= 4 is 19.5 Å². The van der Waals surface area contributed by atoms with Crippen LogP contribution in [0.25, 0.3) is 0 Å². The Hall–Kier alpha value is -3.23. The molecular formula is C28H29NO3Si. The number of rotatable bonds is 3. The van der Waals surface area contributed by atoms with Crippen molar-refractivity contribution in [2.24, 2.45) is 5.92 Å². The van der Waals surface area contributed by atoms with E-state index in [1.54, 1.807) is 13.2 Å². The number of hydrogen-bond donors (Lipinski definition) is 1. The molecule has 0 saturated carbocycles. The number of ether oxygens (including phenoxy) is 2. The number of Topliss-reactive ketones (excluding diaryl/α,β-unsaturated/α-hetero) is 1. The minimum absolute atomic E-state index is 0.00547. The number of benzene rings is 2. The molecule has 2 aliphatic heterocycles. The molecule has 4 atom stereocenters. The summed E-state index contributed by atoms with van der Waals surface area (Å²) in [6.07, 6.45) is 6.71. The Labute approximate surface area is 196 Å². The van der Waals surface area contributed by atoms with Gasteiger partial charge in [-0.2, -0.15) is 0 Å². The molecule has 0 fully saturated rings. The molecule has 33 heavy (non-hydrogen) atoms. The van der Waals surface area contributed by atoms with Gasteiger partial charge in [0.2, 0.25) is 0 Å². The van der Waals surface area contributed by atoms with E-state index < -0.39 is 14.4 Å². The van der Waals surface area contributed by atoms with Gasteiger partial charge in [-0.1, -0.05) is 55.9 Å². The summed E-state index contributed by atoms with van der Waals surface area (Å²) >= 11 is 0. The second kappa shape index (κ2) is 8.28. The number of fused-ring (bicyclic) bond motifs is 3. The average molecular weight is 456 g/mol. The molecule has 2 aromatic carbocycles. The lowest BCUT2D eigenvalue weighted by molar-refractivity contribution is -0.0382. The predicted octanol–water partition coefficient (Wildman–Crippen LogP) is 6.16. The van der Waals surface area contributed by atoms with Crippen LogP contribution in [0, 0.1) is 17.4 Å². The van der Waals surface area contributed by atoms with Gasteiger partial charge in [-0.15, -0.1) is 5.54 Å². The Balaban J connectivity index is 1.40. The molecule has 4 nitrogen and oxygen atoms in total. The van der Waals surface area contributed by atoms with Crippen LogP contribution in [0.15, 0.2) is 66.6 Å². The van der Waals surface area contributed by atoms with Crippen LogP contribution in [0.3, 0.4) is 0 Å². The standard InChI is InChI=1S/C28H29NO3Si/c1-18(30)20-12-13-25-24(16-20)22-10-7-11-23(22)27(29-25)26-17-31-28(32-26)21-9-6-5-8-19(21)14-15-33(2,3)4/h5-10,12-13,16-17,22-23,27-29H,11H2,1-4H3. The second-order valence-corrected chi connectivity index (χ2v) is 14.8. The van der Waals surface area contributed by atoms with E-state index in [4.69, 9.17) is 9.47 Å². The quantitative estimate of drug-likeness (QED) is 0.261. The second-order valence-electron chi connectivity index (χ2n) is 10.0. The van der Waals surface area contributed by atoms with Gasteiger partial charge in [0.25, 0.3) is 6.29 Å². The van der Waals surface area contributed by atoms with Gasteiger partial charge in [-0.25, -0.2) is 0 Å².